The van der Waals surface area contributed by atoms with Crippen LogP contribution >= 0.6 is 7.75 Å². The molecule has 5 heteroatoms. The molecule has 1 heterocycles. The molecule has 0 amide bonds. The van der Waals surface area contributed by atoms with Gasteiger partial charge in [-0.15, -0.1) is 0 Å². The van der Waals surface area contributed by atoms with Crippen LogP contribution < -0.4 is 9.61 Å². The number of hydrogen-bond acceptors (Lipinski definition) is 3. The fourth-order valence-electron chi connectivity index (χ4n) is 2.68. The van der Waals surface area contributed by atoms with Crippen molar-refractivity contribution >= 4 is 7.75 Å². The Bertz CT molecular complexity index is 451. The lowest BCUT2D eigenvalue weighted by Crippen LogP contribution is -2.44. The average molecular weight is 267 g/mol. The minimum absolute atomic E-state index is 0.280. The molecule has 3 rings (SSSR count). The molecule has 4 nitrogen and oxygen atoms in total. The third kappa shape index (κ3) is 2.61. The number of rotatable bonds is 2. The van der Waals surface area contributed by atoms with Crippen molar-refractivity contribution < 1.29 is 13.6 Å². The minimum Gasteiger partial charge on any atom is -0.413 e. The molecule has 1 saturated heterocycles. The summed E-state index contributed by atoms with van der Waals surface area (Å²) < 4.78 is 23.5. The van der Waals surface area contributed by atoms with E-state index >= 15 is 0 Å². The van der Waals surface area contributed by atoms with Gasteiger partial charge in [0.05, 0.1) is 6.61 Å². The van der Waals surface area contributed by atoms with Crippen LogP contribution in [-0.2, 0) is 9.09 Å². The number of benzene rings is 1. The monoisotopic (exact) mass is 267 g/mol. The molecular formula is C13H18NO3P. The summed E-state index contributed by atoms with van der Waals surface area (Å²) in [6, 6.07) is 9.47. The molecule has 1 aliphatic heterocycles. The highest BCUT2D eigenvalue weighted by molar-refractivity contribution is 7.52. The lowest BCUT2D eigenvalue weighted by Gasteiger charge is -2.38. The van der Waals surface area contributed by atoms with Crippen molar-refractivity contribution in [1.82, 2.24) is 5.09 Å². The standard InChI is InChI=1S/C13H18NO3P/c15-18(17-12-7-2-1-3-8-12)14-13-9-5-4-6-11(13)10-16-18/h1-3,7-8,11,13H,4-6,9-10H2,(H,14,15)/t11-,13+,18+/m1/s1. The van der Waals surface area contributed by atoms with Crippen molar-refractivity contribution in [2.24, 2.45) is 5.92 Å². The van der Waals surface area contributed by atoms with Gasteiger partial charge in [-0.2, -0.15) is 0 Å². The Morgan fingerprint density at radius 3 is 2.83 bits per heavy atom. The maximum absolute atomic E-state index is 12.5. The Balaban J connectivity index is 1.70. The van der Waals surface area contributed by atoms with Crippen molar-refractivity contribution in [3.63, 3.8) is 0 Å². The zero-order chi connectivity index (χ0) is 12.4. The van der Waals surface area contributed by atoms with Gasteiger partial charge in [0.2, 0.25) is 0 Å². The van der Waals surface area contributed by atoms with Gasteiger partial charge in [0.1, 0.15) is 5.75 Å². The Kier molecular flexibility index (Phi) is 3.42. The second-order valence-corrected chi connectivity index (χ2v) is 6.67. The first kappa shape index (κ1) is 12.2. The molecule has 98 valence electrons. The minimum atomic E-state index is -3.17. The van der Waals surface area contributed by atoms with E-state index in [0.29, 0.717) is 18.3 Å². The first-order valence-electron chi connectivity index (χ1n) is 6.52. The summed E-state index contributed by atoms with van der Waals surface area (Å²) in [6.07, 6.45) is 4.66. The summed E-state index contributed by atoms with van der Waals surface area (Å²) in [4.78, 5) is 0. The van der Waals surface area contributed by atoms with Crippen molar-refractivity contribution in [3.8, 4) is 5.75 Å². The first-order chi connectivity index (χ1) is 8.75. The van der Waals surface area contributed by atoms with Crippen LogP contribution in [0.1, 0.15) is 25.7 Å². The second kappa shape index (κ2) is 5.04. The van der Waals surface area contributed by atoms with Gasteiger partial charge in [-0.1, -0.05) is 31.0 Å². The average Bonchev–Trinajstić information content (AvgIpc) is 2.39. The van der Waals surface area contributed by atoms with E-state index in [0.717, 1.165) is 12.8 Å². The molecule has 0 aromatic heterocycles. The smallest absolute Gasteiger partial charge is 0.413 e. The first-order valence-corrected chi connectivity index (χ1v) is 8.06. The van der Waals surface area contributed by atoms with Crippen LogP contribution in [0.2, 0.25) is 0 Å². The molecule has 1 aromatic carbocycles. The van der Waals surface area contributed by atoms with Crippen LogP contribution in [-0.4, -0.2) is 12.6 Å². The van der Waals surface area contributed by atoms with Crippen LogP contribution in [0.15, 0.2) is 30.3 Å². The van der Waals surface area contributed by atoms with Gasteiger partial charge in [-0.3, -0.25) is 4.52 Å². The highest BCUT2D eigenvalue weighted by Crippen LogP contribution is 2.50. The number of para-hydroxylation sites is 1. The zero-order valence-electron chi connectivity index (χ0n) is 10.2. The van der Waals surface area contributed by atoms with E-state index in [1.807, 2.05) is 18.2 Å². The molecule has 1 saturated carbocycles. The highest BCUT2D eigenvalue weighted by atomic mass is 31.2. The van der Waals surface area contributed by atoms with E-state index in [9.17, 15) is 4.57 Å². The van der Waals surface area contributed by atoms with E-state index in [4.69, 9.17) is 9.05 Å². The Morgan fingerprint density at radius 1 is 1.22 bits per heavy atom. The molecule has 1 aromatic rings. The van der Waals surface area contributed by atoms with Crippen LogP contribution in [0, 0.1) is 5.92 Å². The molecule has 1 aliphatic carbocycles. The quantitative estimate of drug-likeness (QED) is 0.835. The largest absolute Gasteiger partial charge is 0.458 e. The van der Waals surface area contributed by atoms with E-state index in [-0.39, 0.29) is 6.04 Å². The molecular weight excluding hydrogens is 249 g/mol. The van der Waals surface area contributed by atoms with Crippen molar-refractivity contribution in [2.75, 3.05) is 6.61 Å². The van der Waals surface area contributed by atoms with Gasteiger partial charge < -0.3 is 4.52 Å². The molecule has 1 N–H and O–H groups in total. The van der Waals surface area contributed by atoms with Gasteiger partial charge >= 0.3 is 7.75 Å². The van der Waals surface area contributed by atoms with E-state index in [2.05, 4.69) is 5.09 Å². The molecule has 18 heavy (non-hydrogen) atoms. The van der Waals surface area contributed by atoms with Crippen LogP contribution in [0.4, 0.5) is 0 Å². The lowest BCUT2D eigenvalue weighted by atomic mass is 9.86. The summed E-state index contributed by atoms with van der Waals surface area (Å²) in [6.45, 7) is 0.543. The van der Waals surface area contributed by atoms with Crippen molar-refractivity contribution in [2.45, 2.75) is 31.7 Å². The summed E-state index contributed by atoms with van der Waals surface area (Å²) in [5, 5.41) is 3.09. The van der Waals surface area contributed by atoms with E-state index in [1.165, 1.54) is 12.8 Å². The molecule has 3 atom stereocenters. The van der Waals surface area contributed by atoms with Gasteiger partial charge in [0.15, 0.2) is 0 Å². The number of fused-ring (bicyclic) bond motifs is 1. The van der Waals surface area contributed by atoms with E-state index < -0.39 is 7.75 Å². The Labute approximate surface area is 107 Å². The van der Waals surface area contributed by atoms with Gasteiger partial charge in [-0.05, 0) is 30.9 Å². The molecule has 2 aliphatic rings. The summed E-state index contributed by atoms with van der Waals surface area (Å²) >= 11 is 0. The fraction of sp³-hybridized carbons (Fsp3) is 0.538. The van der Waals surface area contributed by atoms with Gasteiger partial charge in [-0.25, -0.2) is 9.65 Å². The summed E-state index contributed by atoms with van der Waals surface area (Å²) in [5.41, 5.74) is 0. The second-order valence-electron chi connectivity index (χ2n) is 4.98. The van der Waals surface area contributed by atoms with Crippen LogP contribution in [0.3, 0.4) is 0 Å². The summed E-state index contributed by atoms with van der Waals surface area (Å²) in [5.74, 6) is 1.07. The number of hydrogen-bond donors (Lipinski definition) is 1. The number of nitrogens with one attached hydrogen (secondary N) is 1. The maximum atomic E-state index is 12.5. The zero-order valence-corrected chi connectivity index (χ0v) is 11.1. The van der Waals surface area contributed by atoms with Crippen molar-refractivity contribution in [3.05, 3.63) is 30.3 Å². The molecule has 0 unspecified atom stereocenters. The molecule has 0 radical (unpaired) electrons. The molecule has 0 bridgehead atoms. The van der Waals surface area contributed by atoms with Crippen LogP contribution in [0.5, 0.6) is 5.75 Å². The maximum Gasteiger partial charge on any atom is 0.458 e. The lowest BCUT2D eigenvalue weighted by molar-refractivity contribution is 0.123. The Morgan fingerprint density at radius 2 is 2.00 bits per heavy atom. The predicted molar refractivity (Wildman–Crippen MR) is 69.5 cm³/mol. The summed E-state index contributed by atoms with van der Waals surface area (Å²) in [7, 11) is -3.17. The fourth-order valence-corrected chi connectivity index (χ4v) is 4.40. The van der Waals surface area contributed by atoms with Gasteiger partial charge in [0.25, 0.3) is 0 Å². The third-order valence-corrected chi connectivity index (χ3v) is 5.25. The van der Waals surface area contributed by atoms with Gasteiger partial charge in [0, 0.05) is 6.04 Å². The third-order valence-electron chi connectivity index (χ3n) is 3.66. The Hall–Kier alpha value is -0.830. The van der Waals surface area contributed by atoms with E-state index in [1.54, 1.807) is 12.1 Å². The van der Waals surface area contributed by atoms with Crippen molar-refractivity contribution in [1.29, 1.82) is 0 Å². The molecule has 2 fully saturated rings. The predicted octanol–water partition coefficient (Wildman–Crippen LogP) is 3.35. The normalized spacial score (nSPS) is 35.8. The SMILES string of the molecule is O=[P@@]1(Oc2ccccc2)N[C@H]2CCCC[C@@H]2CO1. The highest BCUT2D eigenvalue weighted by Gasteiger charge is 2.40. The topological polar surface area (TPSA) is 47.6 Å². The van der Waals surface area contributed by atoms with Crippen LogP contribution in [0.25, 0.3) is 0 Å². The molecule has 0 spiro atoms.